The van der Waals surface area contributed by atoms with Crippen LogP contribution in [0.5, 0.6) is 0 Å². The normalized spacial score (nSPS) is 14.3. The molecule has 0 aliphatic carbocycles. The number of anilines is 1. The van der Waals surface area contributed by atoms with Crippen LogP contribution in [0.3, 0.4) is 0 Å². The predicted octanol–water partition coefficient (Wildman–Crippen LogP) is 4.15. The first-order valence-electron chi connectivity index (χ1n) is 6.35. The molecule has 0 spiro atoms. The van der Waals surface area contributed by atoms with Crippen LogP contribution in [0.25, 0.3) is 0 Å². The number of rotatable bonds is 3. The molecular weight excluding hydrogens is 322 g/mol. The first kappa shape index (κ1) is 12.9. The molecule has 19 heavy (non-hydrogen) atoms. The average Bonchev–Trinajstić information content (AvgIpc) is 2.85. The van der Waals surface area contributed by atoms with E-state index < -0.39 is 0 Å². The highest BCUT2D eigenvalue weighted by atomic mass is 79.9. The lowest BCUT2D eigenvalue weighted by molar-refractivity contribution is 0.100. The maximum Gasteiger partial charge on any atom is 0.193 e. The Balaban J connectivity index is 1.82. The van der Waals surface area contributed by atoms with Crippen LogP contribution in [0.15, 0.2) is 40.2 Å². The smallest absolute Gasteiger partial charge is 0.193 e. The lowest BCUT2D eigenvalue weighted by Crippen LogP contribution is -2.34. The first-order chi connectivity index (χ1) is 9.25. The summed E-state index contributed by atoms with van der Waals surface area (Å²) in [7, 11) is 0. The third-order valence-electron chi connectivity index (χ3n) is 3.41. The summed E-state index contributed by atoms with van der Waals surface area (Å²) in [6.07, 6.45) is 2.24. The molecule has 0 saturated heterocycles. The highest BCUT2D eigenvalue weighted by Gasteiger charge is 2.20. The zero-order chi connectivity index (χ0) is 13.2. The SMILES string of the molecule is O=C(CN1CCCc2ccccc21)c1sccc1Br. The lowest BCUT2D eigenvalue weighted by Gasteiger charge is -2.30. The van der Waals surface area contributed by atoms with Crippen LogP contribution in [0, 0.1) is 0 Å². The van der Waals surface area contributed by atoms with Gasteiger partial charge in [-0.2, -0.15) is 0 Å². The van der Waals surface area contributed by atoms with Gasteiger partial charge in [-0.25, -0.2) is 0 Å². The van der Waals surface area contributed by atoms with Gasteiger partial charge in [0.2, 0.25) is 0 Å². The molecule has 1 aromatic heterocycles. The molecular formula is C15H14BrNOS. The number of hydrogen-bond acceptors (Lipinski definition) is 3. The Hall–Kier alpha value is -1.13. The number of aryl methyl sites for hydroxylation is 1. The zero-order valence-corrected chi connectivity index (χ0v) is 12.8. The fraction of sp³-hybridized carbons (Fsp3) is 0.267. The number of carbonyl (C=O) groups is 1. The molecule has 0 fully saturated rings. The summed E-state index contributed by atoms with van der Waals surface area (Å²) in [6, 6.07) is 10.3. The van der Waals surface area contributed by atoms with Crippen molar-refractivity contribution in [3.8, 4) is 0 Å². The molecule has 1 aliphatic rings. The number of benzene rings is 1. The highest BCUT2D eigenvalue weighted by molar-refractivity contribution is 9.10. The number of para-hydroxylation sites is 1. The van der Waals surface area contributed by atoms with E-state index in [0.717, 1.165) is 28.7 Å². The Morgan fingerprint density at radius 2 is 2.16 bits per heavy atom. The minimum atomic E-state index is 0.193. The van der Waals surface area contributed by atoms with E-state index in [0.29, 0.717) is 6.54 Å². The summed E-state index contributed by atoms with van der Waals surface area (Å²) < 4.78 is 0.910. The van der Waals surface area contributed by atoms with Gasteiger partial charge in [0.15, 0.2) is 5.78 Å². The van der Waals surface area contributed by atoms with Gasteiger partial charge in [-0.3, -0.25) is 4.79 Å². The number of carbonyl (C=O) groups excluding carboxylic acids is 1. The van der Waals surface area contributed by atoms with Crippen LogP contribution in [0.4, 0.5) is 5.69 Å². The van der Waals surface area contributed by atoms with E-state index in [2.05, 4.69) is 39.0 Å². The van der Waals surface area contributed by atoms with Gasteiger partial charge >= 0.3 is 0 Å². The van der Waals surface area contributed by atoms with E-state index in [4.69, 9.17) is 0 Å². The molecule has 2 nitrogen and oxygen atoms in total. The van der Waals surface area contributed by atoms with Gasteiger partial charge in [0.05, 0.1) is 11.4 Å². The molecule has 0 amide bonds. The van der Waals surface area contributed by atoms with Crippen molar-refractivity contribution < 1.29 is 4.79 Å². The topological polar surface area (TPSA) is 20.3 Å². The second-order valence-electron chi connectivity index (χ2n) is 4.67. The van der Waals surface area contributed by atoms with E-state index in [-0.39, 0.29) is 5.78 Å². The average molecular weight is 336 g/mol. The quantitative estimate of drug-likeness (QED) is 0.785. The van der Waals surface area contributed by atoms with Crippen molar-refractivity contribution in [1.82, 2.24) is 0 Å². The van der Waals surface area contributed by atoms with Crippen molar-refractivity contribution >= 4 is 38.7 Å². The summed E-state index contributed by atoms with van der Waals surface area (Å²) >= 11 is 4.94. The molecule has 3 rings (SSSR count). The molecule has 0 N–H and O–H groups in total. The number of nitrogens with zero attached hydrogens (tertiary/aromatic N) is 1. The van der Waals surface area contributed by atoms with Crippen molar-refractivity contribution in [3.63, 3.8) is 0 Å². The number of Topliss-reactive ketones (excluding diaryl/α,β-unsaturated/α-hetero) is 1. The van der Waals surface area contributed by atoms with E-state index in [1.807, 2.05) is 17.5 Å². The summed E-state index contributed by atoms with van der Waals surface area (Å²) in [5.41, 5.74) is 2.57. The molecule has 0 radical (unpaired) electrons. The lowest BCUT2D eigenvalue weighted by atomic mass is 10.0. The summed E-state index contributed by atoms with van der Waals surface area (Å²) in [6.45, 7) is 1.43. The standard InChI is InChI=1S/C15H14BrNOS/c16-12-7-9-19-15(12)14(18)10-17-8-3-5-11-4-1-2-6-13(11)17/h1-2,4,6-7,9H,3,5,8,10H2. The van der Waals surface area contributed by atoms with Crippen LogP contribution >= 0.6 is 27.3 Å². The largest absolute Gasteiger partial charge is 0.364 e. The molecule has 2 heterocycles. The van der Waals surface area contributed by atoms with Gasteiger partial charge in [-0.15, -0.1) is 11.3 Å². The molecule has 0 atom stereocenters. The summed E-state index contributed by atoms with van der Waals surface area (Å²) in [5.74, 6) is 0.193. The fourth-order valence-electron chi connectivity index (χ4n) is 2.51. The molecule has 0 saturated carbocycles. The van der Waals surface area contributed by atoms with Crippen LogP contribution in [0.1, 0.15) is 21.7 Å². The highest BCUT2D eigenvalue weighted by Crippen LogP contribution is 2.28. The van der Waals surface area contributed by atoms with E-state index in [1.54, 1.807) is 0 Å². The fourth-order valence-corrected chi connectivity index (χ4v) is 4.04. The maximum absolute atomic E-state index is 12.3. The minimum absolute atomic E-state index is 0.193. The second kappa shape index (κ2) is 5.47. The van der Waals surface area contributed by atoms with E-state index in [1.165, 1.54) is 22.6 Å². The van der Waals surface area contributed by atoms with Gasteiger partial charge in [-0.1, -0.05) is 18.2 Å². The molecule has 0 unspecified atom stereocenters. The number of hydrogen-bond donors (Lipinski definition) is 0. The molecule has 1 aromatic carbocycles. The Labute approximate surface area is 125 Å². The Bertz CT molecular complexity index is 608. The van der Waals surface area contributed by atoms with Gasteiger partial charge in [-0.05, 0) is 51.8 Å². The number of fused-ring (bicyclic) bond motifs is 1. The van der Waals surface area contributed by atoms with Crippen LogP contribution < -0.4 is 4.90 Å². The first-order valence-corrected chi connectivity index (χ1v) is 8.02. The van der Waals surface area contributed by atoms with Crippen molar-refractivity contribution in [2.75, 3.05) is 18.0 Å². The minimum Gasteiger partial charge on any atom is -0.364 e. The maximum atomic E-state index is 12.3. The van der Waals surface area contributed by atoms with E-state index in [9.17, 15) is 4.79 Å². The predicted molar refractivity (Wildman–Crippen MR) is 83.3 cm³/mol. The Morgan fingerprint density at radius 1 is 1.32 bits per heavy atom. The van der Waals surface area contributed by atoms with Crippen LogP contribution in [0.2, 0.25) is 0 Å². The van der Waals surface area contributed by atoms with Crippen molar-refractivity contribution in [2.45, 2.75) is 12.8 Å². The monoisotopic (exact) mass is 335 g/mol. The molecule has 1 aliphatic heterocycles. The van der Waals surface area contributed by atoms with Gasteiger partial charge in [0.25, 0.3) is 0 Å². The van der Waals surface area contributed by atoms with Crippen molar-refractivity contribution in [1.29, 1.82) is 0 Å². The zero-order valence-electron chi connectivity index (χ0n) is 10.4. The van der Waals surface area contributed by atoms with Gasteiger partial charge < -0.3 is 4.90 Å². The molecule has 4 heteroatoms. The third kappa shape index (κ3) is 2.60. The van der Waals surface area contributed by atoms with Crippen molar-refractivity contribution in [2.24, 2.45) is 0 Å². The number of ketones is 1. The van der Waals surface area contributed by atoms with Gasteiger partial charge in [0, 0.05) is 16.7 Å². The summed E-state index contributed by atoms with van der Waals surface area (Å²) in [4.78, 5) is 15.4. The third-order valence-corrected chi connectivity index (χ3v) is 5.29. The van der Waals surface area contributed by atoms with Gasteiger partial charge in [0.1, 0.15) is 0 Å². The van der Waals surface area contributed by atoms with Crippen molar-refractivity contribution in [3.05, 3.63) is 50.6 Å². The molecule has 0 bridgehead atoms. The Kier molecular flexibility index (Phi) is 3.71. The van der Waals surface area contributed by atoms with E-state index >= 15 is 0 Å². The number of thiophene rings is 1. The summed E-state index contributed by atoms with van der Waals surface area (Å²) in [5, 5.41) is 1.95. The van der Waals surface area contributed by atoms with Crippen LogP contribution in [-0.2, 0) is 6.42 Å². The van der Waals surface area contributed by atoms with Crippen LogP contribution in [-0.4, -0.2) is 18.9 Å². The Morgan fingerprint density at radius 3 is 2.95 bits per heavy atom. The second-order valence-corrected chi connectivity index (χ2v) is 6.45. The number of halogens is 1. The molecule has 2 aromatic rings. The molecule has 98 valence electrons.